The van der Waals surface area contributed by atoms with Gasteiger partial charge in [0.25, 0.3) is 0 Å². The standard InChI is InChI=1S/C28H48N2O4/c1-2-3-4-5-6-7-8-9-10-11-12-13-14-17-20-32-23-26-21-27(34-26)24-33-28(31)30-22-25-18-15-16-19-29-25/h15-16,18-19,26-27H,2-14,17,20-24H2,1H3,(H,30,31)/t26-,27-/m0/s1. The first-order chi connectivity index (χ1) is 16.8. The van der Waals surface area contributed by atoms with Crippen LogP contribution in [-0.4, -0.2) is 43.1 Å². The number of carbonyl (C=O) groups is 1. The van der Waals surface area contributed by atoms with Crippen LogP contribution < -0.4 is 5.32 Å². The maximum absolute atomic E-state index is 11.7. The number of carbonyl (C=O) groups excluding carboxylic acids is 1. The summed E-state index contributed by atoms with van der Waals surface area (Å²) < 4.78 is 16.7. The fourth-order valence-electron chi connectivity index (χ4n) is 4.27. The van der Waals surface area contributed by atoms with Gasteiger partial charge in [-0.05, 0) is 18.6 Å². The number of ether oxygens (including phenoxy) is 3. The molecular formula is C28H48N2O4. The molecule has 1 amide bonds. The molecular weight excluding hydrogens is 428 g/mol. The molecule has 2 rings (SSSR count). The Morgan fingerprint density at radius 1 is 0.912 bits per heavy atom. The summed E-state index contributed by atoms with van der Waals surface area (Å²) in [5.41, 5.74) is 0.801. The molecule has 6 heteroatoms. The molecule has 0 unspecified atom stereocenters. The van der Waals surface area contributed by atoms with Crippen LogP contribution in [0, 0.1) is 0 Å². The molecule has 6 nitrogen and oxygen atoms in total. The average molecular weight is 477 g/mol. The van der Waals surface area contributed by atoms with E-state index in [2.05, 4.69) is 17.2 Å². The zero-order chi connectivity index (χ0) is 24.1. The summed E-state index contributed by atoms with van der Waals surface area (Å²) in [4.78, 5) is 15.9. The molecule has 0 aromatic carbocycles. The molecule has 1 aromatic heterocycles. The Morgan fingerprint density at radius 2 is 1.50 bits per heavy atom. The lowest BCUT2D eigenvalue weighted by Gasteiger charge is -2.35. The van der Waals surface area contributed by atoms with Crippen molar-refractivity contribution in [2.24, 2.45) is 0 Å². The van der Waals surface area contributed by atoms with Gasteiger partial charge in [-0.1, -0.05) is 96.5 Å². The van der Waals surface area contributed by atoms with Crippen LogP contribution in [0.25, 0.3) is 0 Å². The van der Waals surface area contributed by atoms with Crippen molar-refractivity contribution >= 4 is 6.09 Å². The Balaban J connectivity index is 1.27. The van der Waals surface area contributed by atoms with Crippen molar-refractivity contribution in [2.75, 3.05) is 19.8 Å². The van der Waals surface area contributed by atoms with E-state index in [1.807, 2.05) is 18.2 Å². The van der Waals surface area contributed by atoms with Gasteiger partial charge in [-0.15, -0.1) is 0 Å². The van der Waals surface area contributed by atoms with E-state index in [1.165, 1.54) is 83.5 Å². The minimum Gasteiger partial charge on any atom is -0.447 e. The van der Waals surface area contributed by atoms with E-state index >= 15 is 0 Å². The number of alkyl carbamates (subject to hydrolysis) is 1. The Labute approximate surface area is 207 Å². The molecule has 0 radical (unpaired) electrons. The molecule has 0 aliphatic carbocycles. The van der Waals surface area contributed by atoms with E-state index in [4.69, 9.17) is 14.2 Å². The van der Waals surface area contributed by atoms with Crippen LogP contribution in [0.4, 0.5) is 4.79 Å². The normalized spacial score (nSPS) is 17.3. The number of rotatable bonds is 21. The van der Waals surface area contributed by atoms with Crippen LogP contribution in [-0.2, 0) is 20.8 Å². The fourth-order valence-corrected chi connectivity index (χ4v) is 4.27. The summed E-state index contributed by atoms with van der Waals surface area (Å²) in [6.07, 6.45) is 21.4. The molecule has 1 fully saturated rings. The number of unbranched alkanes of at least 4 members (excludes halogenated alkanes) is 13. The maximum Gasteiger partial charge on any atom is 0.407 e. The van der Waals surface area contributed by atoms with Crippen molar-refractivity contribution in [3.63, 3.8) is 0 Å². The van der Waals surface area contributed by atoms with Crippen molar-refractivity contribution < 1.29 is 19.0 Å². The molecule has 194 valence electrons. The molecule has 1 aliphatic heterocycles. The molecule has 1 saturated heterocycles. The predicted octanol–water partition coefficient (Wildman–Crippen LogP) is 6.96. The first-order valence-corrected chi connectivity index (χ1v) is 13.8. The maximum atomic E-state index is 11.7. The third kappa shape index (κ3) is 14.6. The molecule has 1 aliphatic rings. The second-order valence-electron chi connectivity index (χ2n) is 9.56. The van der Waals surface area contributed by atoms with Crippen LogP contribution in [0.5, 0.6) is 0 Å². The zero-order valence-corrected chi connectivity index (χ0v) is 21.5. The Morgan fingerprint density at radius 3 is 2.09 bits per heavy atom. The summed E-state index contributed by atoms with van der Waals surface area (Å²) in [5.74, 6) is 0. The van der Waals surface area contributed by atoms with Crippen LogP contribution in [0.15, 0.2) is 24.4 Å². The summed E-state index contributed by atoms with van der Waals surface area (Å²) in [5, 5.41) is 2.70. The van der Waals surface area contributed by atoms with E-state index in [0.29, 0.717) is 13.2 Å². The topological polar surface area (TPSA) is 69.7 Å². The van der Waals surface area contributed by atoms with E-state index in [1.54, 1.807) is 6.20 Å². The minimum absolute atomic E-state index is 0.0183. The van der Waals surface area contributed by atoms with Gasteiger partial charge in [0.05, 0.1) is 31.1 Å². The monoisotopic (exact) mass is 476 g/mol. The Kier molecular flexibility index (Phi) is 16.5. The smallest absolute Gasteiger partial charge is 0.407 e. The molecule has 0 spiro atoms. The summed E-state index contributed by atoms with van der Waals surface area (Å²) >= 11 is 0. The number of nitrogens with zero attached hydrogens (tertiary/aromatic N) is 1. The molecule has 0 saturated carbocycles. The van der Waals surface area contributed by atoms with Crippen LogP contribution in [0.2, 0.25) is 0 Å². The number of pyridine rings is 1. The lowest BCUT2D eigenvalue weighted by atomic mass is 10.0. The lowest BCUT2D eigenvalue weighted by molar-refractivity contribution is -0.166. The van der Waals surface area contributed by atoms with Gasteiger partial charge >= 0.3 is 6.09 Å². The molecule has 34 heavy (non-hydrogen) atoms. The second-order valence-corrected chi connectivity index (χ2v) is 9.56. The van der Waals surface area contributed by atoms with E-state index < -0.39 is 6.09 Å². The highest BCUT2D eigenvalue weighted by Crippen LogP contribution is 2.21. The number of nitrogens with one attached hydrogen (secondary N) is 1. The van der Waals surface area contributed by atoms with Gasteiger partial charge in [-0.3, -0.25) is 4.98 Å². The number of hydrogen-bond donors (Lipinski definition) is 1. The van der Waals surface area contributed by atoms with Gasteiger partial charge in [0.15, 0.2) is 0 Å². The van der Waals surface area contributed by atoms with Gasteiger partial charge < -0.3 is 19.5 Å². The van der Waals surface area contributed by atoms with Crippen LogP contribution in [0.3, 0.4) is 0 Å². The van der Waals surface area contributed by atoms with Crippen LogP contribution in [0.1, 0.15) is 109 Å². The van der Waals surface area contributed by atoms with E-state index in [-0.39, 0.29) is 18.8 Å². The van der Waals surface area contributed by atoms with E-state index in [0.717, 1.165) is 25.1 Å². The van der Waals surface area contributed by atoms with Gasteiger partial charge in [0.2, 0.25) is 0 Å². The van der Waals surface area contributed by atoms with Crippen molar-refractivity contribution in [1.29, 1.82) is 0 Å². The fraction of sp³-hybridized carbons (Fsp3) is 0.786. The van der Waals surface area contributed by atoms with Gasteiger partial charge in [0.1, 0.15) is 6.61 Å². The first-order valence-electron chi connectivity index (χ1n) is 13.8. The molecule has 1 N–H and O–H groups in total. The van der Waals surface area contributed by atoms with Crippen molar-refractivity contribution in [3.05, 3.63) is 30.1 Å². The SMILES string of the molecule is CCCCCCCCCCCCCCCCOC[C@@H]1C[C@@H](COC(=O)NCc2ccccn2)O1. The average Bonchev–Trinajstić information content (AvgIpc) is 2.83. The molecule has 2 heterocycles. The van der Waals surface area contributed by atoms with Crippen LogP contribution >= 0.6 is 0 Å². The highest BCUT2D eigenvalue weighted by atomic mass is 16.6. The van der Waals surface area contributed by atoms with Crippen molar-refractivity contribution in [2.45, 2.75) is 122 Å². The van der Waals surface area contributed by atoms with Gasteiger partial charge in [-0.25, -0.2) is 4.79 Å². The number of hydrogen-bond acceptors (Lipinski definition) is 5. The first kappa shape index (κ1) is 28.6. The summed E-state index contributed by atoms with van der Waals surface area (Å²) in [6.45, 7) is 4.38. The molecule has 2 atom stereocenters. The lowest BCUT2D eigenvalue weighted by Crippen LogP contribution is -2.44. The molecule has 0 bridgehead atoms. The summed E-state index contributed by atoms with van der Waals surface area (Å²) in [6, 6.07) is 5.59. The Bertz CT molecular complexity index is 608. The Hall–Kier alpha value is -1.66. The third-order valence-corrected chi connectivity index (χ3v) is 6.40. The summed E-state index contributed by atoms with van der Waals surface area (Å²) in [7, 11) is 0. The highest BCUT2D eigenvalue weighted by Gasteiger charge is 2.31. The highest BCUT2D eigenvalue weighted by molar-refractivity contribution is 5.67. The predicted molar refractivity (Wildman–Crippen MR) is 137 cm³/mol. The third-order valence-electron chi connectivity index (χ3n) is 6.40. The quantitative estimate of drug-likeness (QED) is 0.194. The van der Waals surface area contributed by atoms with Crippen molar-refractivity contribution in [1.82, 2.24) is 10.3 Å². The van der Waals surface area contributed by atoms with Gasteiger partial charge in [0, 0.05) is 19.2 Å². The number of aromatic nitrogens is 1. The second kappa shape index (κ2) is 19.6. The largest absolute Gasteiger partial charge is 0.447 e. The number of amides is 1. The van der Waals surface area contributed by atoms with E-state index in [9.17, 15) is 4.79 Å². The zero-order valence-electron chi connectivity index (χ0n) is 21.5. The molecule has 1 aromatic rings. The van der Waals surface area contributed by atoms with Gasteiger partial charge in [-0.2, -0.15) is 0 Å². The minimum atomic E-state index is -0.438. The van der Waals surface area contributed by atoms with Crippen molar-refractivity contribution in [3.8, 4) is 0 Å².